The van der Waals surface area contributed by atoms with Gasteiger partial charge < -0.3 is 10.2 Å². The SMILES string of the molecule is CC[C@H](C)NC(=O)[C@H](C)N(Cc1ccccc1Cl)C(=O)CN(c1ccc(C)cc1)S(=O)(=O)c1ccc(C)cc1. The molecule has 0 heterocycles. The molecule has 3 rings (SSSR count). The van der Waals surface area contributed by atoms with Gasteiger partial charge in [-0.05, 0) is 70.0 Å². The molecule has 0 aromatic heterocycles. The molecule has 0 saturated carbocycles. The Labute approximate surface area is 236 Å². The number of hydrogen-bond donors (Lipinski definition) is 1. The van der Waals surface area contributed by atoms with Crippen molar-refractivity contribution in [2.75, 3.05) is 10.8 Å². The molecule has 208 valence electrons. The monoisotopic (exact) mass is 569 g/mol. The van der Waals surface area contributed by atoms with Crippen LogP contribution in [0, 0.1) is 13.8 Å². The van der Waals surface area contributed by atoms with Crippen molar-refractivity contribution < 1.29 is 18.0 Å². The Hall–Kier alpha value is -3.36. The van der Waals surface area contributed by atoms with Gasteiger partial charge in [0, 0.05) is 17.6 Å². The summed E-state index contributed by atoms with van der Waals surface area (Å²) in [5.74, 6) is -0.856. The van der Waals surface area contributed by atoms with E-state index in [4.69, 9.17) is 11.6 Å². The Kier molecular flexibility index (Phi) is 10.2. The van der Waals surface area contributed by atoms with Gasteiger partial charge in [0.05, 0.1) is 10.6 Å². The smallest absolute Gasteiger partial charge is 0.264 e. The summed E-state index contributed by atoms with van der Waals surface area (Å²) in [7, 11) is -4.10. The lowest BCUT2D eigenvalue weighted by Crippen LogP contribution is -2.52. The van der Waals surface area contributed by atoms with Gasteiger partial charge in [-0.15, -0.1) is 0 Å². The van der Waals surface area contributed by atoms with Crippen LogP contribution in [0.25, 0.3) is 0 Å². The summed E-state index contributed by atoms with van der Waals surface area (Å²) in [4.78, 5) is 28.5. The lowest BCUT2D eigenvalue weighted by molar-refractivity contribution is -0.139. The van der Waals surface area contributed by atoms with Crippen LogP contribution < -0.4 is 9.62 Å². The summed E-state index contributed by atoms with van der Waals surface area (Å²) in [5, 5.41) is 3.37. The van der Waals surface area contributed by atoms with Crippen LogP contribution in [0.2, 0.25) is 5.02 Å². The molecule has 0 aliphatic heterocycles. The normalized spacial score (nSPS) is 12.9. The van der Waals surface area contributed by atoms with Crippen LogP contribution in [0.3, 0.4) is 0 Å². The Bertz CT molecular complexity index is 1390. The molecule has 0 bridgehead atoms. The Balaban J connectivity index is 2.03. The Morgan fingerprint density at radius 1 is 0.897 bits per heavy atom. The first-order valence-corrected chi connectivity index (χ1v) is 14.7. The molecule has 3 aromatic carbocycles. The minimum atomic E-state index is -4.10. The molecule has 2 amide bonds. The fraction of sp³-hybridized carbons (Fsp3) is 0.333. The number of benzene rings is 3. The number of aryl methyl sites for hydroxylation is 2. The van der Waals surface area contributed by atoms with Gasteiger partial charge in [0.2, 0.25) is 11.8 Å². The van der Waals surface area contributed by atoms with Crippen LogP contribution in [0.4, 0.5) is 5.69 Å². The Morgan fingerprint density at radius 3 is 2.03 bits per heavy atom. The molecule has 9 heteroatoms. The summed E-state index contributed by atoms with van der Waals surface area (Å²) in [6, 6.07) is 19.5. The standard InChI is InChI=1S/C30H36ClN3O4S/c1-6-23(4)32-30(36)24(5)33(19-25-9-7-8-10-28(25)31)29(35)20-34(26-15-11-21(2)12-16-26)39(37,38)27-17-13-22(3)14-18-27/h7-18,23-24H,6,19-20H2,1-5H3,(H,32,36)/t23-,24-/m0/s1. The number of nitrogens with zero attached hydrogens (tertiary/aromatic N) is 2. The first-order valence-electron chi connectivity index (χ1n) is 12.9. The highest BCUT2D eigenvalue weighted by atomic mass is 35.5. The molecule has 2 atom stereocenters. The van der Waals surface area contributed by atoms with Crippen molar-refractivity contribution in [2.45, 2.75) is 64.6 Å². The molecular formula is C30H36ClN3O4S. The van der Waals surface area contributed by atoms with Gasteiger partial charge in [-0.1, -0.05) is 72.1 Å². The molecule has 0 saturated heterocycles. The van der Waals surface area contributed by atoms with Crippen molar-refractivity contribution in [3.05, 3.63) is 94.5 Å². The second kappa shape index (κ2) is 13.1. The van der Waals surface area contributed by atoms with Crippen LogP contribution in [-0.2, 0) is 26.2 Å². The molecule has 39 heavy (non-hydrogen) atoms. The summed E-state index contributed by atoms with van der Waals surface area (Å²) < 4.78 is 28.8. The molecule has 0 spiro atoms. The molecule has 0 fully saturated rings. The number of hydrogen-bond acceptors (Lipinski definition) is 4. The average Bonchev–Trinajstić information content (AvgIpc) is 2.91. The highest BCUT2D eigenvalue weighted by Crippen LogP contribution is 2.26. The average molecular weight is 570 g/mol. The summed E-state index contributed by atoms with van der Waals surface area (Å²) in [6.45, 7) is 8.80. The minimum absolute atomic E-state index is 0.0416. The number of nitrogens with one attached hydrogen (secondary N) is 1. The van der Waals surface area contributed by atoms with Crippen LogP contribution >= 0.6 is 11.6 Å². The predicted octanol–water partition coefficient (Wildman–Crippen LogP) is 5.48. The van der Waals surface area contributed by atoms with Gasteiger partial charge in [0.25, 0.3) is 10.0 Å². The first-order chi connectivity index (χ1) is 18.4. The van der Waals surface area contributed by atoms with E-state index in [1.54, 1.807) is 67.6 Å². The van der Waals surface area contributed by atoms with Crippen molar-refractivity contribution in [3.63, 3.8) is 0 Å². The lowest BCUT2D eigenvalue weighted by Gasteiger charge is -2.32. The number of amides is 2. The van der Waals surface area contributed by atoms with Crippen molar-refractivity contribution in [1.82, 2.24) is 10.2 Å². The van der Waals surface area contributed by atoms with Crippen molar-refractivity contribution >= 4 is 39.1 Å². The van der Waals surface area contributed by atoms with E-state index in [1.165, 1.54) is 17.0 Å². The zero-order chi connectivity index (χ0) is 28.7. The highest BCUT2D eigenvalue weighted by Gasteiger charge is 2.33. The second-order valence-corrected chi connectivity index (χ2v) is 12.0. The number of anilines is 1. The zero-order valence-electron chi connectivity index (χ0n) is 23.0. The van der Waals surface area contributed by atoms with Crippen LogP contribution in [0.1, 0.15) is 43.9 Å². The van der Waals surface area contributed by atoms with E-state index in [0.717, 1.165) is 21.9 Å². The number of carbonyl (C=O) groups excluding carboxylic acids is 2. The van der Waals surface area contributed by atoms with E-state index in [-0.39, 0.29) is 23.4 Å². The maximum absolute atomic E-state index is 13.9. The van der Waals surface area contributed by atoms with Gasteiger partial charge in [-0.2, -0.15) is 0 Å². The maximum Gasteiger partial charge on any atom is 0.264 e. The van der Waals surface area contributed by atoms with Gasteiger partial charge in [0.15, 0.2) is 0 Å². The molecule has 3 aromatic rings. The van der Waals surface area contributed by atoms with E-state index in [9.17, 15) is 18.0 Å². The van der Waals surface area contributed by atoms with Crippen LogP contribution in [0.15, 0.2) is 77.7 Å². The molecule has 0 aliphatic rings. The lowest BCUT2D eigenvalue weighted by atomic mass is 10.1. The molecule has 0 radical (unpaired) electrons. The van der Waals surface area contributed by atoms with Crippen molar-refractivity contribution in [3.8, 4) is 0 Å². The van der Waals surface area contributed by atoms with E-state index in [1.807, 2.05) is 27.7 Å². The summed E-state index contributed by atoms with van der Waals surface area (Å²) in [6.07, 6.45) is 0.729. The largest absolute Gasteiger partial charge is 0.352 e. The van der Waals surface area contributed by atoms with Crippen molar-refractivity contribution in [2.24, 2.45) is 0 Å². The molecule has 1 N–H and O–H groups in total. The molecule has 7 nitrogen and oxygen atoms in total. The summed E-state index contributed by atoms with van der Waals surface area (Å²) >= 11 is 6.40. The quantitative estimate of drug-likeness (QED) is 0.331. The fourth-order valence-electron chi connectivity index (χ4n) is 3.94. The van der Waals surface area contributed by atoms with Gasteiger partial charge >= 0.3 is 0 Å². The van der Waals surface area contributed by atoms with Gasteiger partial charge in [-0.3, -0.25) is 13.9 Å². The second-order valence-electron chi connectivity index (χ2n) is 9.77. The first kappa shape index (κ1) is 30.2. The van der Waals surface area contributed by atoms with Crippen LogP contribution in [-0.4, -0.2) is 43.8 Å². The van der Waals surface area contributed by atoms with E-state index >= 15 is 0 Å². The van der Waals surface area contributed by atoms with Gasteiger partial charge in [-0.25, -0.2) is 8.42 Å². The highest BCUT2D eigenvalue weighted by molar-refractivity contribution is 7.92. The number of rotatable bonds is 11. The van der Waals surface area contributed by atoms with E-state index in [0.29, 0.717) is 16.3 Å². The topological polar surface area (TPSA) is 86.8 Å². The van der Waals surface area contributed by atoms with Crippen molar-refractivity contribution in [1.29, 1.82) is 0 Å². The summed E-state index contributed by atoms with van der Waals surface area (Å²) in [5.41, 5.74) is 2.87. The predicted molar refractivity (Wildman–Crippen MR) is 156 cm³/mol. The fourth-order valence-corrected chi connectivity index (χ4v) is 5.55. The van der Waals surface area contributed by atoms with Gasteiger partial charge in [0.1, 0.15) is 12.6 Å². The molecular weight excluding hydrogens is 534 g/mol. The van der Waals surface area contributed by atoms with Crippen LogP contribution in [0.5, 0.6) is 0 Å². The Morgan fingerprint density at radius 2 is 1.46 bits per heavy atom. The number of carbonyl (C=O) groups is 2. The number of halogens is 1. The third-order valence-corrected chi connectivity index (χ3v) is 8.83. The minimum Gasteiger partial charge on any atom is -0.352 e. The van der Waals surface area contributed by atoms with E-state index < -0.39 is 28.5 Å². The zero-order valence-corrected chi connectivity index (χ0v) is 24.6. The third-order valence-electron chi connectivity index (χ3n) is 6.68. The molecule has 0 unspecified atom stereocenters. The maximum atomic E-state index is 13.9. The third kappa shape index (κ3) is 7.61. The van der Waals surface area contributed by atoms with E-state index in [2.05, 4.69) is 5.32 Å². The number of sulfonamides is 1. The molecule has 0 aliphatic carbocycles.